The molecule has 0 bridgehead atoms. The fraction of sp³-hybridized carbons (Fsp3) is 0.800. The lowest BCUT2D eigenvalue weighted by Crippen LogP contribution is -2.48. The van der Waals surface area contributed by atoms with Crippen LogP contribution in [0.5, 0.6) is 0 Å². The second-order valence-electron chi connectivity index (χ2n) is 4.03. The molecule has 0 aromatic carbocycles. The first-order valence-electron chi connectivity index (χ1n) is 5.51. The molecule has 0 aromatic rings. The highest BCUT2D eigenvalue weighted by Crippen LogP contribution is 2.02. The molecule has 0 fully saturated rings. The van der Waals surface area contributed by atoms with E-state index in [2.05, 4.69) is 15.2 Å². The van der Waals surface area contributed by atoms with Crippen molar-refractivity contribution in [2.24, 2.45) is 16.8 Å². The van der Waals surface area contributed by atoms with Crippen molar-refractivity contribution in [1.82, 2.24) is 5.32 Å². The van der Waals surface area contributed by atoms with E-state index in [0.29, 0.717) is 0 Å². The van der Waals surface area contributed by atoms with Crippen molar-refractivity contribution in [2.45, 2.75) is 32.7 Å². The van der Waals surface area contributed by atoms with Crippen LogP contribution < -0.4 is 11.1 Å². The van der Waals surface area contributed by atoms with Crippen LogP contribution in [0.4, 0.5) is 8.78 Å². The van der Waals surface area contributed by atoms with E-state index < -0.39 is 25.0 Å². The number of nitrogens with zero attached hydrogens (tertiary/aromatic N) is 1. The van der Waals surface area contributed by atoms with Crippen molar-refractivity contribution in [3.8, 4) is 0 Å². The van der Waals surface area contributed by atoms with Crippen molar-refractivity contribution in [3.63, 3.8) is 0 Å². The summed E-state index contributed by atoms with van der Waals surface area (Å²) in [5.41, 5.74) is 5.42. The van der Waals surface area contributed by atoms with Gasteiger partial charge in [0.25, 0.3) is 6.43 Å². The lowest BCUT2D eigenvalue weighted by Gasteiger charge is -2.20. The molecule has 18 heavy (non-hydrogen) atoms. The van der Waals surface area contributed by atoms with Gasteiger partial charge < -0.3 is 21.0 Å². The molecular weight excluding hydrogens is 248 g/mol. The topological polar surface area (TPSA) is 96.9 Å². The molecule has 1 amide bonds. The molecule has 0 aromatic heterocycles. The molecule has 0 saturated heterocycles. The van der Waals surface area contributed by atoms with Gasteiger partial charge in [0.05, 0.1) is 12.6 Å². The first kappa shape index (κ1) is 16.6. The third-order valence-corrected chi connectivity index (χ3v) is 2.13. The van der Waals surface area contributed by atoms with Crippen LogP contribution in [0.25, 0.3) is 0 Å². The third-order valence-electron chi connectivity index (χ3n) is 2.13. The van der Waals surface area contributed by atoms with E-state index in [1.165, 1.54) is 0 Å². The van der Waals surface area contributed by atoms with Crippen LogP contribution in [0.2, 0.25) is 0 Å². The SMILES string of the molecule is CC(C)C(NC(=O)CCOCC(F)F)C(N)=NO. The molecule has 0 rings (SSSR count). The number of nitrogens with one attached hydrogen (secondary N) is 1. The van der Waals surface area contributed by atoms with Gasteiger partial charge in [-0.05, 0) is 5.92 Å². The average Bonchev–Trinajstić information content (AvgIpc) is 2.30. The van der Waals surface area contributed by atoms with E-state index in [1.807, 2.05) is 0 Å². The Morgan fingerprint density at radius 1 is 1.50 bits per heavy atom. The van der Waals surface area contributed by atoms with E-state index in [0.717, 1.165) is 0 Å². The number of hydrogen-bond acceptors (Lipinski definition) is 4. The van der Waals surface area contributed by atoms with E-state index in [4.69, 9.17) is 10.9 Å². The number of alkyl halides is 2. The minimum atomic E-state index is -2.55. The number of carbonyl (C=O) groups is 1. The molecule has 1 unspecified atom stereocenters. The summed E-state index contributed by atoms with van der Waals surface area (Å²) in [6.45, 7) is 2.78. The number of halogens is 2. The number of amidine groups is 1. The summed E-state index contributed by atoms with van der Waals surface area (Å²) in [7, 11) is 0. The molecular formula is C10H19F2N3O3. The molecule has 0 radical (unpaired) electrons. The summed E-state index contributed by atoms with van der Waals surface area (Å²) in [5, 5.41) is 13.9. The number of amides is 1. The fourth-order valence-corrected chi connectivity index (χ4v) is 1.23. The lowest BCUT2D eigenvalue weighted by molar-refractivity contribution is -0.123. The van der Waals surface area contributed by atoms with Crippen LogP contribution in [0.15, 0.2) is 5.16 Å². The van der Waals surface area contributed by atoms with Gasteiger partial charge in [0, 0.05) is 6.42 Å². The summed E-state index contributed by atoms with van der Waals surface area (Å²) in [5.74, 6) is -0.576. The van der Waals surface area contributed by atoms with Gasteiger partial charge in [-0.3, -0.25) is 4.79 Å². The van der Waals surface area contributed by atoms with Gasteiger partial charge in [0.2, 0.25) is 5.91 Å². The smallest absolute Gasteiger partial charge is 0.261 e. The van der Waals surface area contributed by atoms with Crippen LogP contribution in [0, 0.1) is 5.92 Å². The van der Waals surface area contributed by atoms with Crippen LogP contribution in [-0.2, 0) is 9.53 Å². The summed E-state index contributed by atoms with van der Waals surface area (Å²) in [4.78, 5) is 11.5. The maximum atomic E-state index is 11.7. The number of rotatable bonds is 8. The van der Waals surface area contributed by atoms with Gasteiger partial charge in [-0.1, -0.05) is 19.0 Å². The highest BCUT2D eigenvalue weighted by molar-refractivity contribution is 5.90. The highest BCUT2D eigenvalue weighted by Gasteiger charge is 2.20. The Morgan fingerprint density at radius 3 is 2.56 bits per heavy atom. The molecule has 0 spiro atoms. The van der Waals surface area contributed by atoms with Crippen molar-refractivity contribution < 1.29 is 23.5 Å². The Morgan fingerprint density at radius 2 is 2.11 bits per heavy atom. The number of ether oxygens (including phenoxy) is 1. The molecule has 0 heterocycles. The highest BCUT2D eigenvalue weighted by atomic mass is 19.3. The zero-order chi connectivity index (χ0) is 14.1. The lowest BCUT2D eigenvalue weighted by atomic mass is 10.0. The minimum Gasteiger partial charge on any atom is -0.409 e. The molecule has 6 nitrogen and oxygen atoms in total. The first-order valence-corrected chi connectivity index (χ1v) is 5.51. The van der Waals surface area contributed by atoms with Crippen molar-refractivity contribution in [3.05, 3.63) is 0 Å². The van der Waals surface area contributed by atoms with E-state index in [-0.39, 0.29) is 24.8 Å². The van der Waals surface area contributed by atoms with Gasteiger partial charge >= 0.3 is 0 Å². The van der Waals surface area contributed by atoms with Crippen LogP contribution >= 0.6 is 0 Å². The quantitative estimate of drug-likeness (QED) is 0.197. The normalized spacial score (nSPS) is 14.0. The molecule has 4 N–H and O–H groups in total. The summed E-state index contributed by atoms with van der Waals surface area (Å²) < 4.78 is 28.1. The van der Waals surface area contributed by atoms with Crippen LogP contribution in [0.1, 0.15) is 20.3 Å². The minimum absolute atomic E-state index is 0.0609. The zero-order valence-electron chi connectivity index (χ0n) is 10.4. The Labute approximate surface area is 104 Å². The summed E-state index contributed by atoms with van der Waals surface area (Å²) in [6, 6.07) is -0.599. The second kappa shape index (κ2) is 8.62. The largest absolute Gasteiger partial charge is 0.409 e. The van der Waals surface area contributed by atoms with E-state index in [9.17, 15) is 13.6 Å². The van der Waals surface area contributed by atoms with E-state index >= 15 is 0 Å². The predicted octanol–water partition coefficient (Wildman–Crippen LogP) is 0.545. The van der Waals surface area contributed by atoms with Gasteiger partial charge in [0.15, 0.2) is 5.84 Å². The number of carbonyl (C=O) groups excluding carboxylic acids is 1. The number of oxime groups is 1. The molecule has 0 aliphatic carbocycles. The van der Waals surface area contributed by atoms with Gasteiger partial charge in [-0.15, -0.1) is 0 Å². The van der Waals surface area contributed by atoms with Crippen LogP contribution in [-0.4, -0.2) is 42.6 Å². The Bertz CT molecular complexity index is 286. The molecule has 0 aliphatic rings. The molecule has 8 heteroatoms. The van der Waals surface area contributed by atoms with Crippen molar-refractivity contribution in [1.29, 1.82) is 0 Å². The van der Waals surface area contributed by atoms with Gasteiger partial charge in [0.1, 0.15) is 6.61 Å². The zero-order valence-corrected chi connectivity index (χ0v) is 10.4. The van der Waals surface area contributed by atoms with Crippen molar-refractivity contribution >= 4 is 11.7 Å². The molecule has 106 valence electrons. The molecule has 1 atom stereocenters. The number of nitrogens with two attached hydrogens (primary N) is 1. The van der Waals surface area contributed by atoms with Crippen molar-refractivity contribution in [2.75, 3.05) is 13.2 Å². The maximum absolute atomic E-state index is 11.7. The Hall–Kier alpha value is -1.44. The first-order chi connectivity index (χ1) is 8.38. The summed E-state index contributed by atoms with van der Waals surface area (Å²) in [6.07, 6.45) is -2.61. The monoisotopic (exact) mass is 267 g/mol. The molecule has 0 aliphatic heterocycles. The fourth-order valence-electron chi connectivity index (χ4n) is 1.23. The number of hydrogen-bond donors (Lipinski definition) is 3. The Balaban J connectivity index is 4.04. The maximum Gasteiger partial charge on any atom is 0.261 e. The van der Waals surface area contributed by atoms with E-state index in [1.54, 1.807) is 13.8 Å². The van der Waals surface area contributed by atoms with Gasteiger partial charge in [-0.2, -0.15) is 0 Å². The summed E-state index contributed by atoms with van der Waals surface area (Å²) >= 11 is 0. The average molecular weight is 267 g/mol. The Kier molecular flexibility index (Phi) is 7.93. The van der Waals surface area contributed by atoms with Crippen LogP contribution in [0.3, 0.4) is 0 Å². The molecule has 0 saturated carbocycles. The third kappa shape index (κ3) is 7.00. The van der Waals surface area contributed by atoms with Gasteiger partial charge in [-0.25, -0.2) is 8.78 Å². The standard InChI is InChI=1S/C10H19F2N3O3/c1-6(2)9(10(13)15-17)14-8(16)3-4-18-5-7(11)12/h6-7,9,17H,3-5H2,1-2H3,(H2,13,15)(H,14,16). The predicted molar refractivity (Wildman–Crippen MR) is 61.6 cm³/mol. The second-order valence-corrected chi connectivity index (χ2v) is 4.03.